The molecule has 0 aromatic heterocycles. The second-order valence-electron chi connectivity index (χ2n) is 4.01. The van der Waals surface area contributed by atoms with E-state index < -0.39 is 10.8 Å². The number of hydrogen-bond donors (Lipinski definition) is 1. The van der Waals surface area contributed by atoms with Gasteiger partial charge in [0, 0.05) is 28.0 Å². The lowest BCUT2D eigenvalue weighted by molar-refractivity contribution is 0.172. The van der Waals surface area contributed by atoms with Crippen molar-refractivity contribution in [2.75, 3.05) is 6.26 Å². The summed E-state index contributed by atoms with van der Waals surface area (Å²) in [5.41, 5.74) is 0. The minimum atomic E-state index is -0.930. The minimum Gasteiger partial charge on any atom is -0.476 e. The monoisotopic (exact) mass is 241 g/mol. The first-order valence-corrected chi connectivity index (χ1v) is 6.91. The smallest absolute Gasteiger partial charge is 0.147 e. The summed E-state index contributed by atoms with van der Waals surface area (Å²) in [6.07, 6.45) is 1.64. The predicted molar refractivity (Wildman–Crippen MR) is 67.1 cm³/mol. The normalized spacial score (nSPS) is 14.8. The number of ether oxygens (including phenoxy) is 1. The van der Waals surface area contributed by atoms with Gasteiger partial charge in [0.05, 0.1) is 0 Å². The van der Waals surface area contributed by atoms with E-state index in [4.69, 9.17) is 4.74 Å². The minimum absolute atomic E-state index is 0.0297. The maximum absolute atomic E-state index is 11.2. The highest BCUT2D eigenvalue weighted by molar-refractivity contribution is 7.84. The molecule has 0 aliphatic heterocycles. The van der Waals surface area contributed by atoms with Crippen molar-refractivity contribution < 1.29 is 8.95 Å². The molecule has 4 heteroatoms. The zero-order valence-electron chi connectivity index (χ0n) is 10.2. The van der Waals surface area contributed by atoms with Crippen LogP contribution in [-0.4, -0.2) is 22.7 Å². The van der Waals surface area contributed by atoms with Crippen molar-refractivity contribution in [3.63, 3.8) is 0 Å². The van der Waals surface area contributed by atoms with E-state index >= 15 is 0 Å². The van der Waals surface area contributed by atoms with Crippen LogP contribution in [0.5, 0.6) is 5.75 Å². The Bertz CT molecular complexity index is 349. The average molecular weight is 241 g/mol. The molecule has 0 saturated heterocycles. The first-order chi connectivity index (χ1) is 7.49. The van der Waals surface area contributed by atoms with Gasteiger partial charge in [-0.1, -0.05) is 0 Å². The third-order valence-corrected chi connectivity index (χ3v) is 2.97. The first kappa shape index (κ1) is 13.2. The SMILES string of the molecule is CC(C)NC(C)Oc1ccc(S(C)=O)cc1. The second-order valence-corrected chi connectivity index (χ2v) is 5.39. The van der Waals surface area contributed by atoms with Crippen LogP contribution in [0.15, 0.2) is 29.2 Å². The average Bonchev–Trinajstić information content (AvgIpc) is 2.16. The van der Waals surface area contributed by atoms with E-state index in [1.807, 2.05) is 31.2 Å². The van der Waals surface area contributed by atoms with Crippen molar-refractivity contribution in [3.05, 3.63) is 24.3 Å². The summed E-state index contributed by atoms with van der Waals surface area (Å²) < 4.78 is 16.8. The van der Waals surface area contributed by atoms with Crippen LogP contribution in [0.1, 0.15) is 20.8 Å². The zero-order valence-corrected chi connectivity index (χ0v) is 11.0. The van der Waals surface area contributed by atoms with Crippen LogP contribution in [-0.2, 0) is 10.8 Å². The van der Waals surface area contributed by atoms with E-state index in [0.717, 1.165) is 10.6 Å². The molecule has 1 N–H and O–H groups in total. The van der Waals surface area contributed by atoms with Gasteiger partial charge in [0.15, 0.2) is 0 Å². The molecule has 0 saturated carbocycles. The Kier molecular flexibility index (Phi) is 4.96. The number of benzene rings is 1. The largest absolute Gasteiger partial charge is 0.476 e. The van der Waals surface area contributed by atoms with E-state index in [1.165, 1.54) is 0 Å². The fourth-order valence-corrected chi connectivity index (χ4v) is 1.94. The van der Waals surface area contributed by atoms with Crippen molar-refractivity contribution in [2.45, 2.75) is 37.9 Å². The van der Waals surface area contributed by atoms with E-state index in [-0.39, 0.29) is 6.23 Å². The quantitative estimate of drug-likeness (QED) is 0.803. The summed E-state index contributed by atoms with van der Waals surface area (Å²) in [6, 6.07) is 7.73. The Morgan fingerprint density at radius 2 is 1.75 bits per heavy atom. The van der Waals surface area contributed by atoms with E-state index in [2.05, 4.69) is 19.2 Å². The number of nitrogens with one attached hydrogen (secondary N) is 1. The van der Waals surface area contributed by atoms with E-state index in [0.29, 0.717) is 6.04 Å². The van der Waals surface area contributed by atoms with Crippen molar-refractivity contribution in [2.24, 2.45) is 0 Å². The molecule has 0 aliphatic carbocycles. The van der Waals surface area contributed by atoms with Crippen LogP contribution in [0.4, 0.5) is 0 Å². The molecule has 1 rings (SSSR count). The summed E-state index contributed by atoms with van der Waals surface area (Å²) in [4.78, 5) is 0.817. The molecule has 0 aliphatic rings. The summed E-state index contributed by atoms with van der Waals surface area (Å²) >= 11 is 0. The molecule has 0 heterocycles. The molecule has 2 unspecified atom stereocenters. The fraction of sp³-hybridized carbons (Fsp3) is 0.500. The highest BCUT2D eigenvalue weighted by Gasteiger charge is 2.05. The van der Waals surface area contributed by atoms with Gasteiger partial charge in [0.1, 0.15) is 12.0 Å². The van der Waals surface area contributed by atoms with Crippen LogP contribution < -0.4 is 10.1 Å². The summed E-state index contributed by atoms with van der Waals surface area (Å²) in [5, 5.41) is 3.25. The highest BCUT2D eigenvalue weighted by atomic mass is 32.2. The molecule has 1 aromatic rings. The molecule has 0 bridgehead atoms. The molecular weight excluding hydrogens is 222 g/mol. The van der Waals surface area contributed by atoms with Crippen molar-refractivity contribution in [1.29, 1.82) is 0 Å². The van der Waals surface area contributed by atoms with Gasteiger partial charge in [-0.3, -0.25) is 9.53 Å². The Morgan fingerprint density at radius 1 is 1.19 bits per heavy atom. The van der Waals surface area contributed by atoms with Crippen LogP contribution in [0.3, 0.4) is 0 Å². The van der Waals surface area contributed by atoms with Crippen LogP contribution >= 0.6 is 0 Å². The highest BCUT2D eigenvalue weighted by Crippen LogP contribution is 2.15. The standard InChI is InChI=1S/C12H19NO2S/c1-9(2)13-10(3)15-11-5-7-12(8-6-11)16(4)14/h5-10,13H,1-4H3. The second kappa shape index (κ2) is 6.01. The summed E-state index contributed by atoms with van der Waals surface area (Å²) in [6.45, 7) is 6.11. The lowest BCUT2D eigenvalue weighted by atomic mass is 10.3. The molecule has 3 nitrogen and oxygen atoms in total. The third-order valence-electron chi connectivity index (χ3n) is 2.04. The Balaban J connectivity index is 2.58. The van der Waals surface area contributed by atoms with Crippen molar-refractivity contribution in [3.8, 4) is 5.75 Å². The van der Waals surface area contributed by atoms with Gasteiger partial charge in [-0.25, -0.2) is 0 Å². The van der Waals surface area contributed by atoms with Crippen molar-refractivity contribution in [1.82, 2.24) is 5.32 Å². The lowest BCUT2D eigenvalue weighted by Crippen LogP contribution is -2.36. The molecule has 0 spiro atoms. The Morgan fingerprint density at radius 3 is 2.19 bits per heavy atom. The maximum Gasteiger partial charge on any atom is 0.147 e. The molecule has 90 valence electrons. The van der Waals surface area contributed by atoms with Crippen molar-refractivity contribution >= 4 is 10.8 Å². The Hall–Kier alpha value is -0.870. The van der Waals surface area contributed by atoms with Crippen LogP contribution in [0.25, 0.3) is 0 Å². The maximum atomic E-state index is 11.2. The summed E-state index contributed by atoms with van der Waals surface area (Å²) in [7, 11) is -0.930. The zero-order chi connectivity index (χ0) is 12.1. The van der Waals surface area contributed by atoms with Gasteiger partial charge in [-0.05, 0) is 45.0 Å². The fourth-order valence-electron chi connectivity index (χ4n) is 1.42. The van der Waals surface area contributed by atoms with Gasteiger partial charge in [0.2, 0.25) is 0 Å². The molecular formula is C12H19NO2S. The van der Waals surface area contributed by atoms with Gasteiger partial charge < -0.3 is 4.74 Å². The van der Waals surface area contributed by atoms with Gasteiger partial charge in [-0.2, -0.15) is 0 Å². The van der Waals surface area contributed by atoms with Crippen LogP contribution in [0.2, 0.25) is 0 Å². The van der Waals surface area contributed by atoms with E-state index in [9.17, 15) is 4.21 Å². The third kappa shape index (κ3) is 4.33. The molecule has 1 aromatic carbocycles. The van der Waals surface area contributed by atoms with E-state index in [1.54, 1.807) is 6.26 Å². The van der Waals surface area contributed by atoms with Gasteiger partial charge >= 0.3 is 0 Å². The van der Waals surface area contributed by atoms with Gasteiger partial charge in [0.25, 0.3) is 0 Å². The molecule has 0 amide bonds. The lowest BCUT2D eigenvalue weighted by Gasteiger charge is -2.18. The summed E-state index contributed by atoms with van der Waals surface area (Å²) in [5.74, 6) is 0.787. The first-order valence-electron chi connectivity index (χ1n) is 5.35. The molecule has 2 atom stereocenters. The topological polar surface area (TPSA) is 38.3 Å². The molecule has 0 radical (unpaired) electrons. The molecule has 0 fully saturated rings. The molecule has 16 heavy (non-hydrogen) atoms. The van der Waals surface area contributed by atoms with Gasteiger partial charge in [-0.15, -0.1) is 0 Å². The van der Waals surface area contributed by atoms with Crippen LogP contribution in [0, 0.1) is 0 Å². The number of rotatable bonds is 5. The number of hydrogen-bond acceptors (Lipinski definition) is 3. The Labute approximate surface area is 99.7 Å². The predicted octanol–water partition coefficient (Wildman–Crippen LogP) is 2.15.